The van der Waals surface area contributed by atoms with Crippen LogP contribution in [0.3, 0.4) is 0 Å². The van der Waals surface area contributed by atoms with E-state index in [1.165, 1.54) is 6.07 Å². The fourth-order valence-corrected chi connectivity index (χ4v) is 7.26. The smallest absolute Gasteiger partial charge is 0.334 e. The molecule has 0 aliphatic carbocycles. The van der Waals surface area contributed by atoms with Crippen molar-refractivity contribution in [3.8, 4) is 10.4 Å². The maximum Gasteiger partial charge on any atom is 0.334 e. The van der Waals surface area contributed by atoms with E-state index in [-0.39, 0.29) is 29.0 Å². The number of nitrogens with zero attached hydrogens (tertiary/aromatic N) is 2. The number of benzene rings is 1. The van der Waals surface area contributed by atoms with Gasteiger partial charge in [0.25, 0.3) is 15.9 Å². The quantitative estimate of drug-likeness (QED) is 0.616. The Morgan fingerprint density at radius 1 is 1.09 bits per heavy atom. The lowest BCUT2D eigenvalue weighted by Gasteiger charge is -2.38. The molecule has 172 valence electrons. The number of amides is 2. The van der Waals surface area contributed by atoms with Crippen molar-refractivity contribution in [1.82, 2.24) is 9.73 Å². The first-order valence-corrected chi connectivity index (χ1v) is 13.5. The van der Waals surface area contributed by atoms with Crippen molar-refractivity contribution >= 4 is 44.8 Å². The molecular weight excluding hydrogens is 470 g/mol. The maximum absolute atomic E-state index is 13.3. The van der Waals surface area contributed by atoms with E-state index in [9.17, 15) is 18.0 Å². The Morgan fingerprint density at radius 3 is 2.41 bits per heavy atom. The van der Waals surface area contributed by atoms with Crippen molar-refractivity contribution in [2.75, 3.05) is 19.6 Å². The summed E-state index contributed by atoms with van der Waals surface area (Å²) in [6.45, 7) is 3.24. The molecule has 2 atom stereocenters. The molecule has 4 rings (SSSR count). The second-order valence-corrected chi connectivity index (χ2v) is 11.8. The average molecular weight is 497 g/mol. The lowest BCUT2D eigenvalue weighted by molar-refractivity contribution is -0.890. The van der Waals surface area contributed by atoms with Crippen LogP contribution in [0.4, 0.5) is 0 Å². The molecule has 0 spiro atoms. The number of quaternary nitrogens is 1. The number of rotatable bonds is 6. The lowest BCUT2D eigenvalue weighted by atomic mass is 10.1. The molecule has 1 aromatic carbocycles. The van der Waals surface area contributed by atoms with E-state index in [1.54, 1.807) is 30.0 Å². The fraction of sp³-hybridized carbons (Fsp3) is 0.455. The van der Waals surface area contributed by atoms with Gasteiger partial charge in [-0.3, -0.25) is 4.79 Å². The highest BCUT2D eigenvalue weighted by atomic mass is 35.5. The Hall–Kier alpha value is -1.78. The van der Waals surface area contributed by atoms with E-state index in [2.05, 4.69) is 4.83 Å². The SMILES string of the molecule is CC(C(=O)N1CCCCC1)[N+]1(NS(=O)(=O)c2ccc(-c3ccc(Cl)cc3)s2)CCCC1=O. The molecule has 2 aliphatic heterocycles. The number of likely N-dealkylation sites (tertiary alicyclic amines) is 2. The molecule has 1 N–H and O–H groups in total. The number of piperidine rings is 1. The Morgan fingerprint density at radius 2 is 1.78 bits per heavy atom. The Bertz CT molecular complexity index is 1110. The molecule has 0 bridgehead atoms. The molecule has 1 aromatic heterocycles. The van der Waals surface area contributed by atoms with Crippen LogP contribution >= 0.6 is 22.9 Å². The highest BCUT2D eigenvalue weighted by Crippen LogP contribution is 2.33. The molecule has 0 radical (unpaired) electrons. The van der Waals surface area contributed by atoms with Gasteiger partial charge in [0.15, 0.2) is 6.04 Å². The van der Waals surface area contributed by atoms with Crippen molar-refractivity contribution in [1.29, 1.82) is 0 Å². The average Bonchev–Trinajstić information content (AvgIpc) is 3.42. The zero-order chi connectivity index (χ0) is 22.9. The Balaban J connectivity index is 1.60. The van der Waals surface area contributed by atoms with Crippen molar-refractivity contribution < 1.29 is 22.6 Å². The van der Waals surface area contributed by atoms with Crippen LogP contribution < -0.4 is 4.83 Å². The van der Waals surface area contributed by atoms with Gasteiger partial charge in [0.1, 0.15) is 10.8 Å². The normalized spacial score (nSPS) is 22.8. The lowest BCUT2D eigenvalue weighted by Crippen LogP contribution is -2.69. The summed E-state index contributed by atoms with van der Waals surface area (Å²) < 4.78 is 26.2. The Labute approximate surface area is 197 Å². The summed E-state index contributed by atoms with van der Waals surface area (Å²) in [5.74, 6) is -0.434. The molecule has 2 unspecified atom stereocenters. The monoisotopic (exact) mass is 496 g/mol. The summed E-state index contributed by atoms with van der Waals surface area (Å²) in [7, 11) is -4.02. The predicted octanol–water partition coefficient (Wildman–Crippen LogP) is 3.80. The third-order valence-electron chi connectivity index (χ3n) is 6.29. The van der Waals surface area contributed by atoms with E-state index in [4.69, 9.17) is 11.6 Å². The molecule has 2 amide bonds. The van der Waals surface area contributed by atoms with Crippen LogP contribution in [-0.4, -0.2) is 55.4 Å². The number of hydrogen-bond donors (Lipinski definition) is 1. The summed E-state index contributed by atoms with van der Waals surface area (Å²) in [4.78, 5) is 31.3. The van der Waals surface area contributed by atoms with E-state index >= 15 is 0 Å². The van der Waals surface area contributed by atoms with Crippen molar-refractivity contribution in [2.24, 2.45) is 0 Å². The molecule has 3 heterocycles. The predicted molar refractivity (Wildman–Crippen MR) is 124 cm³/mol. The van der Waals surface area contributed by atoms with Crippen LogP contribution in [0.2, 0.25) is 5.02 Å². The molecule has 2 aromatic rings. The van der Waals surface area contributed by atoms with Crippen LogP contribution in [0.15, 0.2) is 40.6 Å². The number of halogens is 1. The third-order valence-corrected chi connectivity index (χ3v) is 9.61. The molecule has 32 heavy (non-hydrogen) atoms. The number of carbonyl (C=O) groups is 2. The second kappa shape index (κ2) is 9.23. The van der Waals surface area contributed by atoms with Gasteiger partial charge in [-0.25, -0.2) is 13.2 Å². The van der Waals surface area contributed by atoms with Gasteiger partial charge >= 0.3 is 5.91 Å². The summed E-state index contributed by atoms with van der Waals surface area (Å²) >= 11 is 7.06. The van der Waals surface area contributed by atoms with Crippen LogP contribution in [0.5, 0.6) is 0 Å². The highest BCUT2D eigenvalue weighted by molar-refractivity contribution is 7.91. The zero-order valence-corrected chi connectivity index (χ0v) is 20.3. The number of sulfonamides is 1. The second-order valence-electron chi connectivity index (χ2n) is 8.37. The summed E-state index contributed by atoms with van der Waals surface area (Å²) in [5.41, 5.74) is 0.857. The van der Waals surface area contributed by atoms with Crippen LogP contribution in [0.25, 0.3) is 10.4 Å². The van der Waals surface area contributed by atoms with Gasteiger partial charge in [0, 0.05) is 29.4 Å². The number of nitrogens with one attached hydrogen (secondary N) is 1. The third kappa shape index (κ3) is 4.49. The minimum Gasteiger partial charge on any atom is -0.337 e. The van der Waals surface area contributed by atoms with Gasteiger partial charge in [0.05, 0.1) is 6.42 Å². The Kier molecular flexibility index (Phi) is 6.74. The maximum atomic E-state index is 13.3. The number of thiophene rings is 1. The van der Waals surface area contributed by atoms with Crippen LogP contribution in [0, 0.1) is 0 Å². The van der Waals surface area contributed by atoms with Gasteiger partial charge in [-0.2, -0.15) is 4.59 Å². The van der Waals surface area contributed by atoms with Crippen molar-refractivity contribution in [2.45, 2.75) is 49.3 Å². The van der Waals surface area contributed by atoms with E-state index in [1.807, 2.05) is 12.1 Å². The van der Waals surface area contributed by atoms with Gasteiger partial charge in [-0.05, 0) is 60.8 Å². The first-order valence-electron chi connectivity index (χ1n) is 10.8. The van der Waals surface area contributed by atoms with Crippen LogP contribution in [-0.2, 0) is 19.6 Å². The minimum absolute atomic E-state index is 0.109. The molecule has 10 heteroatoms. The first-order chi connectivity index (χ1) is 15.2. The minimum atomic E-state index is -4.02. The molecule has 0 saturated carbocycles. The zero-order valence-electron chi connectivity index (χ0n) is 17.9. The molecule has 2 saturated heterocycles. The molecular formula is C22H27ClN3O4S2+. The highest BCUT2D eigenvalue weighted by Gasteiger charge is 2.53. The number of carbonyl (C=O) groups excluding carboxylic acids is 2. The van der Waals surface area contributed by atoms with Gasteiger partial charge in [-0.1, -0.05) is 23.7 Å². The van der Waals surface area contributed by atoms with E-state index < -0.39 is 20.7 Å². The summed E-state index contributed by atoms with van der Waals surface area (Å²) in [5, 5.41) is 0.603. The van der Waals surface area contributed by atoms with Crippen LogP contribution in [0.1, 0.15) is 39.0 Å². The first kappa shape index (κ1) is 23.4. The number of hydrogen-bond acceptors (Lipinski definition) is 5. The molecule has 7 nitrogen and oxygen atoms in total. The van der Waals surface area contributed by atoms with E-state index in [0.717, 1.165) is 41.0 Å². The standard InChI is InChI=1S/C22H27ClN3O4S2/c1-16(22(28)25-13-3-2-4-14-25)26(15-5-6-20(26)27)24-32(29,30)21-12-11-19(31-21)17-7-9-18(23)10-8-17/h7-12,16,24H,2-6,13-15H2,1H3/q+1. The topological polar surface area (TPSA) is 83.6 Å². The van der Waals surface area contributed by atoms with E-state index in [0.29, 0.717) is 24.5 Å². The van der Waals surface area contributed by atoms with Gasteiger partial charge in [-0.15, -0.1) is 11.3 Å². The van der Waals surface area contributed by atoms with Crippen molar-refractivity contribution in [3.05, 3.63) is 41.4 Å². The molecule has 2 fully saturated rings. The van der Waals surface area contributed by atoms with Gasteiger partial charge < -0.3 is 4.90 Å². The largest absolute Gasteiger partial charge is 0.337 e. The van der Waals surface area contributed by atoms with Crippen molar-refractivity contribution in [3.63, 3.8) is 0 Å². The molecule has 2 aliphatic rings. The summed E-state index contributed by atoms with van der Waals surface area (Å²) in [6, 6.07) is 9.62. The van der Waals surface area contributed by atoms with Gasteiger partial charge in [0.2, 0.25) is 0 Å². The fourth-order valence-electron chi connectivity index (χ4n) is 4.45. The summed E-state index contributed by atoms with van der Waals surface area (Å²) in [6.07, 6.45) is 3.74.